The van der Waals surface area contributed by atoms with Crippen molar-refractivity contribution in [2.45, 2.75) is 116 Å². The highest BCUT2D eigenvalue weighted by Gasteiger charge is 2.57. The third-order valence-electron chi connectivity index (χ3n) is 26.7. The van der Waals surface area contributed by atoms with E-state index in [1.54, 1.807) is 0 Å². The van der Waals surface area contributed by atoms with Crippen LogP contribution in [-0.4, -0.2) is 0 Å². The minimum atomic E-state index is -0.913. The lowest BCUT2D eigenvalue weighted by molar-refractivity contribution is 0.621. The van der Waals surface area contributed by atoms with Crippen molar-refractivity contribution in [2.24, 2.45) is 0 Å². The largest absolute Gasteiger partial charge is 0.455 e. The molecule has 106 heavy (non-hydrogen) atoms. The summed E-state index contributed by atoms with van der Waals surface area (Å²) in [6, 6.07) is 106. The molecule has 0 radical (unpaired) electrons. The van der Waals surface area contributed by atoms with E-state index in [4.69, 9.17) is 4.42 Å². The smallest absolute Gasteiger partial charge is 0.145 e. The predicted octanol–water partition coefficient (Wildman–Crippen LogP) is 27.2. The van der Waals surface area contributed by atoms with Crippen molar-refractivity contribution in [2.75, 3.05) is 14.7 Å². The standard InChI is InChI=1S/C102H81N3O/c1-58-36-40-60(41-37-58)103(62-44-47-67-73-55-83-71(53-85(73)100(9,10)81(67)50-62)65-24-13-16-27-75(65)97(83,3)4)63-46-49-69-87(52-63)102(78-30-19-21-34-90(78)105-89-33-20-18-29-77(89)99(7,8)79-31-23-32-80(102)95(79)105)88-57-91(94-70-26-15-22-35-92(70)106-96(94)93(69)88)104(61-42-38-59(2)39-43-61)64-45-48-68-74-56-84-72(54-86(74)101(11,12)82(68)51-64)66-25-14-17-28-76(66)98(84,5)6/h13-57H,1-12H3. The normalized spacial score (nSPS) is 17.5. The molecule has 1 aromatic heterocycles. The Kier molecular flexibility index (Phi) is 12.0. The molecule has 0 saturated carbocycles. The monoisotopic (exact) mass is 1360 g/mol. The van der Waals surface area contributed by atoms with Gasteiger partial charge in [0.25, 0.3) is 0 Å². The molecule has 15 aromatic rings. The fraction of sp³-hybridized carbons (Fsp3) is 0.176. The van der Waals surface area contributed by atoms with Crippen LogP contribution < -0.4 is 14.7 Å². The Balaban J connectivity index is 0.807. The number of aryl methyl sites for hydroxylation is 2. The molecule has 14 aromatic carbocycles. The molecule has 1 unspecified atom stereocenters. The van der Waals surface area contributed by atoms with E-state index in [2.05, 4.69) is 371 Å². The molecule has 4 nitrogen and oxygen atoms in total. The van der Waals surface area contributed by atoms with Crippen LogP contribution in [-0.2, 0) is 32.5 Å². The zero-order valence-electron chi connectivity index (χ0n) is 62.2. The number of benzene rings is 14. The molecule has 0 N–H and O–H groups in total. The summed E-state index contributed by atoms with van der Waals surface area (Å²) >= 11 is 0. The number of nitrogens with zero attached hydrogens (tertiary/aromatic N) is 3. The third-order valence-corrected chi connectivity index (χ3v) is 26.7. The van der Waals surface area contributed by atoms with Gasteiger partial charge in [0.1, 0.15) is 11.2 Å². The lowest BCUT2D eigenvalue weighted by Gasteiger charge is -2.51. The Bertz CT molecular complexity index is 6460. The lowest BCUT2D eigenvalue weighted by Crippen LogP contribution is -2.41. The molecule has 1 atom stereocenters. The van der Waals surface area contributed by atoms with Gasteiger partial charge in [-0.1, -0.05) is 244 Å². The van der Waals surface area contributed by atoms with Crippen LogP contribution in [0.4, 0.5) is 51.2 Å². The summed E-state index contributed by atoms with van der Waals surface area (Å²) in [5.41, 5.74) is 43.7. The first kappa shape index (κ1) is 61.7. The van der Waals surface area contributed by atoms with Crippen molar-refractivity contribution >= 4 is 73.1 Å². The van der Waals surface area contributed by atoms with Gasteiger partial charge in [0, 0.05) is 66.5 Å². The van der Waals surface area contributed by atoms with Crippen molar-refractivity contribution in [1.29, 1.82) is 0 Å². The second-order valence-electron chi connectivity index (χ2n) is 34.1. The quantitative estimate of drug-likeness (QED) is 0.165. The topological polar surface area (TPSA) is 22.9 Å². The van der Waals surface area contributed by atoms with Gasteiger partial charge in [-0.3, -0.25) is 0 Å². The average Bonchev–Trinajstić information content (AvgIpc) is 1.38. The van der Waals surface area contributed by atoms with Crippen molar-refractivity contribution in [1.82, 2.24) is 0 Å². The first-order valence-electron chi connectivity index (χ1n) is 38.0. The summed E-state index contributed by atoms with van der Waals surface area (Å²) in [5.74, 6) is 0. The van der Waals surface area contributed by atoms with Gasteiger partial charge in [0.15, 0.2) is 0 Å². The lowest BCUT2D eigenvalue weighted by atomic mass is 9.61. The summed E-state index contributed by atoms with van der Waals surface area (Å²) < 4.78 is 7.75. The molecule has 0 amide bonds. The predicted molar refractivity (Wildman–Crippen MR) is 440 cm³/mol. The molecule has 7 aliphatic rings. The van der Waals surface area contributed by atoms with Crippen LogP contribution in [0.3, 0.4) is 0 Å². The van der Waals surface area contributed by atoms with Crippen molar-refractivity contribution < 1.29 is 4.42 Å². The molecule has 1 spiro atoms. The van der Waals surface area contributed by atoms with Crippen LogP contribution in [0, 0.1) is 13.8 Å². The van der Waals surface area contributed by atoms with E-state index in [0.29, 0.717) is 0 Å². The van der Waals surface area contributed by atoms with E-state index in [1.807, 2.05) is 0 Å². The molecular formula is C102H81N3O. The fourth-order valence-corrected chi connectivity index (χ4v) is 21.4. The Morgan fingerprint density at radius 3 is 1.22 bits per heavy atom. The molecule has 2 aliphatic heterocycles. The first-order valence-corrected chi connectivity index (χ1v) is 38.0. The molecule has 510 valence electrons. The zero-order valence-corrected chi connectivity index (χ0v) is 62.2. The van der Waals surface area contributed by atoms with E-state index in [1.165, 1.54) is 151 Å². The molecule has 22 rings (SSSR count). The number of hydrogen-bond acceptors (Lipinski definition) is 4. The number of anilines is 9. The highest BCUT2D eigenvalue weighted by atomic mass is 16.3. The summed E-state index contributed by atoms with van der Waals surface area (Å²) in [6.45, 7) is 28.6. The van der Waals surface area contributed by atoms with Gasteiger partial charge in [0.05, 0.1) is 33.6 Å². The van der Waals surface area contributed by atoms with Gasteiger partial charge in [-0.05, 0) is 251 Å². The summed E-state index contributed by atoms with van der Waals surface area (Å²) in [6.07, 6.45) is 0. The van der Waals surface area contributed by atoms with Crippen LogP contribution in [0.2, 0.25) is 0 Å². The van der Waals surface area contributed by atoms with E-state index < -0.39 is 5.41 Å². The van der Waals surface area contributed by atoms with Gasteiger partial charge in [-0.2, -0.15) is 0 Å². The number of hydrogen-bond donors (Lipinski definition) is 0. The molecule has 5 aliphatic carbocycles. The van der Waals surface area contributed by atoms with Gasteiger partial charge in [0.2, 0.25) is 0 Å². The Morgan fingerprint density at radius 1 is 0.274 bits per heavy atom. The Hall–Kier alpha value is -11.7. The zero-order chi connectivity index (χ0) is 71.8. The number of fused-ring (bicyclic) bond motifs is 27. The molecule has 0 bridgehead atoms. The highest BCUT2D eigenvalue weighted by Crippen LogP contribution is 2.70. The van der Waals surface area contributed by atoms with E-state index in [-0.39, 0.29) is 27.1 Å². The Morgan fingerprint density at radius 2 is 0.660 bits per heavy atom. The van der Waals surface area contributed by atoms with Crippen LogP contribution in [0.25, 0.3) is 77.6 Å². The van der Waals surface area contributed by atoms with Gasteiger partial charge < -0.3 is 19.1 Å². The molecule has 0 fully saturated rings. The molecule has 4 heteroatoms. The number of para-hydroxylation sites is 4. The van der Waals surface area contributed by atoms with Gasteiger partial charge >= 0.3 is 0 Å². The average molecular weight is 1360 g/mol. The minimum absolute atomic E-state index is 0.115. The second kappa shape index (κ2) is 20.6. The second-order valence-corrected chi connectivity index (χ2v) is 34.1. The SMILES string of the molecule is Cc1ccc(N(c2ccc3c(c2)C(C)(C)c2cc4c(cc2-3)C(C)(C)c2ccccc2-4)c2ccc3c(c2)C2(c4ccccc4N4c5ccccc5C(C)(C)c5cccc2c54)c2cc(N(c4ccc(C)cc4)c4ccc5c(c4)C(C)(C)c4cc6c(cc4-5)C(C)(C)c4ccccc4-6)c4c(oc5ccccc54)c2-3)cc1. The maximum Gasteiger partial charge on any atom is 0.145 e. The van der Waals surface area contributed by atoms with E-state index >= 15 is 0 Å². The summed E-state index contributed by atoms with van der Waals surface area (Å²) in [5, 5.41) is 2.16. The van der Waals surface area contributed by atoms with Gasteiger partial charge in [-0.15, -0.1) is 0 Å². The molecule has 3 heterocycles. The van der Waals surface area contributed by atoms with Crippen molar-refractivity contribution in [3.8, 4) is 55.6 Å². The van der Waals surface area contributed by atoms with Crippen LogP contribution >= 0.6 is 0 Å². The minimum Gasteiger partial charge on any atom is -0.455 e. The number of furan rings is 1. The van der Waals surface area contributed by atoms with Crippen LogP contribution in [0.5, 0.6) is 0 Å². The maximum absolute atomic E-state index is 7.75. The first-order chi connectivity index (χ1) is 51.2. The van der Waals surface area contributed by atoms with E-state index in [0.717, 1.165) is 67.2 Å². The van der Waals surface area contributed by atoms with Gasteiger partial charge in [-0.25, -0.2) is 0 Å². The highest BCUT2D eigenvalue weighted by molar-refractivity contribution is 6.20. The molecular weight excluding hydrogens is 1280 g/mol. The van der Waals surface area contributed by atoms with Crippen LogP contribution in [0.1, 0.15) is 158 Å². The van der Waals surface area contributed by atoms with E-state index in [9.17, 15) is 0 Å². The molecule has 0 saturated heterocycles. The van der Waals surface area contributed by atoms with Crippen LogP contribution in [0.15, 0.2) is 277 Å². The Labute approximate surface area is 621 Å². The third kappa shape index (κ3) is 7.69. The number of rotatable bonds is 6. The fourth-order valence-electron chi connectivity index (χ4n) is 21.4. The summed E-state index contributed by atoms with van der Waals surface area (Å²) in [7, 11) is 0. The van der Waals surface area contributed by atoms with Crippen molar-refractivity contribution in [3.05, 3.63) is 362 Å². The maximum atomic E-state index is 7.75. The summed E-state index contributed by atoms with van der Waals surface area (Å²) in [4.78, 5) is 7.73. The van der Waals surface area contributed by atoms with Crippen molar-refractivity contribution in [3.63, 3.8) is 0 Å².